The summed E-state index contributed by atoms with van der Waals surface area (Å²) in [4.78, 5) is 18.4. The van der Waals surface area contributed by atoms with Gasteiger partial charge in [0.05, 0.1) is 17.1 Å². The second-order valence-corrected chi connectivity index (χ2v) is 9.70. The second kappa shape index (κ2) is 10.5. The van der Waals surface area contributed by atoms with E-state index in [1.165, 1.54) is 23.2 Å². The van der Waals surface area contributed by atoms with E-state index in [-0.39, 0.29) is 17.3 Å². The normalized spacial score (nSPS) is 14.6. The zero-order valence-corrected chi connectivity index (χ0v) is 20.7. The van der Waals surface area contributed by atoms with Gasteiger partial charge in [0.2, 0.25) is 0 Å². The fourth-order valence-corrected chi connectivity index (χ4v) is 4.84. The van der Waals surface area contributed by atoms with Crippen LogP contribution in [0.25, 0.3) is 10.9 Å². The van der Waals surface area contributed by atoms with Crippen LogP contribution >= 0.6 is 15.9 Å². The number of halogens is 2. The molecule has 5 nitrogen and oxygen atoms in total. The van der Waals surface area contributed by atoms with Gasteiger partial charge in [-0.15, -0.1) is 0 Å². The van der Waals surface area contributed by atoms with E-state index >= 15 is 0 Å². The van der Waals surface area contributed by atoms with Crippen LogP contribution in [0.15, 0.2) is 81.1 Å². The minimum Gasteiger partial charge on any atom is -0.488 e. The van der Waals surface area contributed by atoms with E-state index in [9.17, 15) is 9.18 Å². The maximum Gasteiger partial charge on any atom is 0.282 e. The second-order valence-electron chi connectivity index (χ2n) is 8.78. The number of hydrogen-bond donors (Lipinski definition) is 0. The van der Waals surface area contributed by atoms with Crippen LogP contribution < -0.4 is 10.3 Å². The standard InChI is InChI=1S/C28H25BrFN3O2/c29-22-12-15-25-24(16-22)28(34)33(27(32-25)20-6-2-1-3-7-20)31-17-21-8-4-5-9-26(21)35-18-19-10-13-23(30)14-11-19/h4-5,8-17,20H,1-3,6-7,18H2. The Bertz CT molecular complexity index is 1430. The third kappa shape index (κ3) is 5.35. The molecule has 1 fully saturated rings. The molecule has 178 valence electrons. The first-order chi connectivity index (χ1) is 17.1. The van der Waals surface area contributed by atoms with Crippen molar-refractivity contribution >= 4 is 33.0 Å². The zero-order chi connectivity index (χ0) is 24.2. The number of nitrogens with zero attached hydrogens (tertiary/aromatic N) is 3. The quantitative estimate of drug-likeness (QED) is 0.256. The fraction of sp³-hybridized carbons (Fsp3) is 0.250. The van der Waals surface area contributed by atoms with Gasteiger partial charge in [-0.1, -0.05) is 59.5 Å². The molecule has 4 aromatic rings. The molecule has 3 aromatic carbocycles. The van der Waals surface area contributed by atoms with Crippen molar-refractivity contribution in [1.29, 1.82) is 0 Å². The number of rotatable bonds is 6. The van der Waals surface area contributed by atoms with Gasteiger partial charge < -0.3 is 4.74 Å². The molecule has 1 aliphatic carbocycles. The summed E-state index contributed by atoms with van der Waals surface area (Å²) in [5, 5.41) is 5.15. The molecule has 1 aliphatic rings. The Morgan fingerprint density at radius 1 is 1.06 bits per heavy atom. The molecule has 0 N–H and O–H groups in total. The van der Waals surface area contributed by atoms with E-state index < -0.39 is 0 Å². The Balaban J connectivity index is 1.50. The number of aromatic nitrogens is 2. The van der Waals surface area contributed by atoms with Crippen molar-refractivity contribution in [3.8, 4) is 5.75 Å². The van der Waals surface area contributed by atoms with Gasteiger partial charge >= 0.3 is 0 Å². The topological polar surface area (TPSA) is 56.5 Å². The predicted molar refractivity (Wildman–Crippen MR) is 140 cm³/mol. The van der Waals surface area contributed by atoms with Crippen LogP contribution in [0.1, 0.15) is 55.0 Å². The van der Waals surface area contributed by atoms with E-state index in [0.717, 1.165) is 41.3 Å². The molecule has 1 saturated carbocycles. The van der Waals surface area contributed by atoms with Crippen LogP contribution in [0.5, 0.6) is 5.75 Å². The van der Waals surface area contributed by atoms with E-state index in [1.54, 1.807) is 24.4 Å². The molecule has 0 saturated heterocycles. The number of para-hydroxylation sites is 1. The van der Waals surface area contributed by atoms with Crippen LogP contribution in [0.3, 0.4) is 0 Å². The van der Waals surface area contributed by atoms with E-state index in [1.807, 2.05) is 36.4 Å². The molecule has 5 rings (SSSR count). The molecular weight excluding hydrogens is 509 g/mol. The average Bonchev–Trinajstić information content (AvgIpc) is 2.89. The number of benzene rings is 3. The van der Waals surface area contributed by atoms with Crippen molar-refractivity contribution in [2.24, 2.45) is 5.10 Å². The maximum atomic E-state index is 13.5. The van der Waals surface area contributed by atoms with E-state index in [2.05, 4.69) is 21.0 Å². The van der Waals surface area contributed by atoms with Crippen LogP contribution in [0.2, 0.25) is 0 Å². The van der Waals surface area contributed by atoms with Crippen LogP contribution in [-0.4, -0.2) is 15.9 Å². The molecule has 7 heteroatoms. The molecule has 0 unspecified atom stereocenters. The molecule has 0 aliphatic heterocycles. The Hall–Kier alpha value is -3.32. The summed E-state index contributed by atoms with van der Waals surface area (Å²) in [5.41, 5.74) is 2.11. The minimum absolute atomic E-state index is 0.183. The van der Waals surface area contributed by atoms with Gasteiger partial charge in [0, 0.05) is 16.0 Å². The Morgan fingerprint density at radius 3 is 2.63 bits per heavy atom. The summed E-state index contributed by atoms with van der Waals surface area (Å²) < 4.78 is 21.5. The average molecular weight is 534 g/mol. The third-order valence-electron chi connectivity index (χ3n) is 6.34. The van der Waals surface area contributed by atoms with Crippen molar-refractivity contribution < 1.29 is 9.13 Å². The lowest BCUT2D eigenvalue weighted by Crippen LogP contribution is -2.25. The molecule has 1 aromatic heterocycles. The summed E-state index contributed by atoms with van der Waals surface area (Å²) >= 11 is 3.46. The summed E-state index contributed by atoms with van der Waals surface area (Å²) in [6.45, 7) is 0.296. The highest BCUT2D eigenvalue weighted by atomic mass is 79.9. The van der Waals surface area contributed by atoms with Gasteiger partial charge in [-0.25, -0.2) is 9.37 Å². The number of fused-ring (bicyclic) bond motifs is 1. The molecule has 0 radical (unpaired) electrons. The Kier molecular flexibility index (Phi) is 7.04. The molecule has 0 atom stereocenters. The van der Waals surface area contributed by atoms with Crippen LogP contribution in [-0.2, 0) is 6.61 Å². The van der Waals surface area contributed by atoms with E-state index in [4.69, 9.17) is 9.72 Å². The van der Waals surface area contributed by atoms with Gasteiger partial charge in [-0.05, 0) is 60.9 Å². The molecule has 35 heavy (non-hydrogen) atoms. The van der Waals surface area contributed by atoms with Crippen molar-refractivity contribution in [1.82, 2.24) is 9.66 Å². The summed E-state index contributed by atoms with van der Waals surface area (Å²) in [6.07, 6.45) is 7.12. The van der Waals surface area contributed by atoms with Gasteiger partial charge in [0.15, 0.2) is 0 Å². The third-order valence-corrected chi connectivity index (χ3v) is 6.84. The summed E-state index contributed by atoms with van der Waals surface area (Å²) in [6, 6.07) is 19.3. The van der Waals surface area contributed by atoms with Crippen molar-refractivity contribution in [3.05, 3.63) is 104 Å². The largest absolute Gasteiger partial charge is 0.488 e. The highest BCUT2D eigenvalue weighted by Gasteiger charge is 2.22. The SMILES string of the molecule is O=c1c2cc(Br)ccc2nc(C2CCCCC2)n1N=Cc1ccccc1OCc1ccc(F)cc1. The molecule has 0 bridgehead atoms. The van der Waals surface area contributed by atoms with Crippen molar-refractivity contribution in [3.63, 3.8) is 0 Å². The minimum atomic E-state index is -0.281. The van der Waals surface area contributed by atoms with Crippen molar-refractivity contribution in [2.45, 2.75) is 44.6 Å². The lowest BCUT2D eigenvalue weighted by Gasteiger charge is -2.22. The highest BCUT2D eigenvalue weighted by molar-refractivity contribution is 9.10. The summed E-state index contributed by atoms with van der Waals surface area (Å²) in [5.74, 6) is 1.26. The molecule has 0 amide bonds. The Labute approximate surface area is 211 Å². The van der Waals surface area contributed by atoms with Crippen LogP contribution in [0.4, 0.5) is 4.39 Å². The Morgan fingerprint density at radius 2 is 1.83 bits per heavy atom. The van der Waals surface area contributed by atoms with Gasteiger partial charge in [0.1, 0.15) is 24.0 Å². The monoisotopic (exact) mass is 533 g/mol. The smallest absolute Gasteiger partial charge is 0.282 e. The van der Waals surface area contributed by atoms with Gasteiger partial charge in [0.25, 0.3) is 5.56 Å². The number of ether oxygens (including phenoxy) is 1. The zero-order valence-electron chi connectivity index (χ0n) is 19.2. The van der Waals surface area contributed by atoms with Crippen molar-refractivity contribution in [2.75, 3.05) is 0 Å². The fourth-order valence-electron chi connectivity index (χ4n) is 4.48. The predicted octanol–water partition coefficient (Wildman–Crippen LogP) is 6.81. The lowest BCUT2D eigenvalue weighted by atomic mass is 9.88. The first kappa shape index (κ1) is 23.4. The van der Waals surface area contributed by atoms with Crippen LogP contribution in [0, 0.1) is 5.82 Å². The number of hydrogen-bond acceptors (Lipinski definition) is 4. The maximum absolute atomic E-state index is 13.5. The lowest BCUT2D eigenvalue weighted by molar-refractivity contribution is 0.305. The highest BCUT2D eigenvalue weighted by Crippen LogP contribution is 2.32. The van der Waals surface area contributed by atoms with Gasteiger partial charge in [-0.2, -0.15) is 9.78 Å². The van der Waals surface area contributed by atoms with Gasteiger partial charge in [-0.3, -0.25) is 4.79 Å². The van der Waals surface area contributed by atoms with E-state index in [0.29, 0.717) is 29.1 Å². The molecular formula is C28H25BrFN3O2. The molecule has 0 spiro atoms. The first-order valence-corrected chi connectivity index (χ1v) is 12.6. The summed E-state index contributed by atoms with van der Waals surface area (Å²) in [7, 11) is 0. The molecule has 1 heterocycles. The first-order valence-electron chi connectivity index (χ1n) is 11.8.